The van der Waals surface area contributed by atoms with Gasteiger partial charge in [-0.15, -0.1) is 0 Å². The number of carbonyl (C=O) groups excluding carboxylic acids is 3. The van der Waals surface area contributed by atoms with Crippen molar-refractivity contribution in [1.29, 1.82) is 0 Å². The number of amides is 2. The first-order valence-corrected chi connectivity index (χ1v) is 10.5. The smallest absolute Gasteiger partial charge is 0.437 e. The highest BCUT2D eigenvalue weighted by Gasteiger charge is 2.20. The Balaban J connectivity index is 2.00. The van der Waals surface area contributed by atoms with Gasteiger partial charge in [0.05, 0.1) is 24.2 Å². The highest BCUT2D eigenvalue weighted by Crippen LogP contribution is 2.13. The normalized spacial score (nSPS) is 10.8. The maximum absolute atomic E-state index is 12.4. The molecule has 2 N–H and O–H groups in total. The lowest BCUT2D eigenvalue weighted by atomic mass is 10.2. The van der Waals surface area contributed by atoms with Gasteiger partial charge in [-0.2, -0.15) is 0 Å². The van der Waals surface area contributed by atoms with Crippen molar-refractivity contribution in [1.82, 2.24) is 15.0 Å². The molecule has 2 aromatic rings. The standard InChI is InChI=1S/C19H21N3O8S/c1-3-29-11-10-20-17(23)13-4-7-15(8-5-13)31(26,27)22-18(24)14-6-9-16(21-12-14)30-19(25)28-2/h4-9,12H,3,10-11H2,1-2H3,(H,20,23)(H,22,24). The number of hydrogen-bond acceptors (Lipinski definition) is 9. The third-order valence-electron chi connectivity index (χ3n) is 3.74. The molecule has 1 aromatic carbocycles. The number of nitrogens with one attached hydrogen (secondary N) is 2. The molecule has 12 heteroatoms. The average molecular weight is 451 g/mol. The van der Waals surface area contributed by atoms with Gasteiger partial charge in [0.15, 0.2) is 0 Å². The van der Waals surface area contributed by atoms with Crippen molar-refractivity contribution in [2.45, 2.75) is 11.8 Å². The Morgan fingerprint density at radius 2 is 1.68 bits per heavy atom. The largest absolute Gasteiger partial charge is 0.514 e. The number of methoxy groups -OCH3 is 1. The zero-order chi connectivity index (χ0) is 22.9. The van der Waals surface area contributed by atoms with Crippen LogP contribution in [0.2, 0.25) is 0 Å². The van der Waals surface area contributed by atoms with E-state index < -0.39 is 22.1 Å². The molecular formula is C19H21N3O8S. The topological polar surface area (TPSA) is 150 Å². The first-order chi connectivity index (χ1) is 14.8. The van der Waals surface area contributed by atoms with Crippen LogP contribution in [0, 0.1) is 0 Å². The van der Waals surface area contributed by atoms with Gasteiger partial charge in [-0.25, -0.2) is 22.9 Å². The molecule has 0 unspecified atom stereocenters. The number of benzene rings is 1. The lowest BCUT2D eigenvalue weighted by molar-refractivity contribution is 0.0921. The first-order valence-electron chi connectivity index (χ1n) is 9.02. The monoisotopic (exact) mass is 451 g/mol. The van der Waals surface area contributed by atoms with Crippen molar-refractivity contribution < 1.29 is 37.0 Å². The maximum atomic E-state index is 12.4. The van der Waals surface area contributed by atoms with E-state index in [1.165, 1.54) is 36.4 Å². The summed E-state index contributed by atoms with van der Waals surface area (Å²) in [7, 11) is -3.07. The Morgan fingerprint density at radius 1 is 1.00 bits per heavy atom. The molecule has 0 saturated carbocycles. The highest BCUT2D eigenvalue weighted by atomic mass is 32.2. The number of pyridine rings is 1. The summed E-state index contributed by atoms with van der Waals surface area (Å²) in [6.45, 7) is 3.06. The Hall–Kier alpha value is -3.51. The Morgan fingerprint density at radius 3 is 2.26 bits per heavy atom. The Bertz CT molecular complexity index is 1020. The summed E-state index contributed by atoms with van der Waals surface area (Å²) in [6, 6.07) is 7.51. The number of sulfonamides is 1. The fraction of sp³-hybridized carbons (Fsp3) is 0.263. The van der Waals surface area contributed by atoms with E-state index in [1.54, 1.807) is 0 Å². The van der Waals surface area contributed by atoms with Crippen LogP contribution in [0.15, 0.2) is 47.5 Å². The van der Waals surface area contributed by atoms with Crippen molar-refractivity contribution in [2.75, 3.05) is 26.9 Å². The van der Waals surface area contributed by atoms with Crippen molar-refractivity contribution in [3.05, 3.63) is 53.7 Å². The van der Waals surface area contributed by atoms with Gasteiger partial charge in [0.2, 0.25) is 5.88 Å². The lowest BCUT2D eigenvalue weighted by Crippen LogP contribution is -2.31. The summed E-state index contributed by atoms with van der Waals surface area (Å²) >= 11 is 0. The third-order valence-corrected chi connectivity index (χ3v) is 5.09. The van der Waals surface area contributed by atoms with E-state index in [1.807, 2.05) is 11.6 Å². The van der Waals surface area contributed by atoms with Gasteiger partial charge in [0, 0.05) is 31.0 Å². The van der Waals surface area contributed by atoms with Gasteiger partial charge >= 0.3 is 6.16 Å². The molecule has 166 valence electrons. The molecule has 0 aliphatic rings. The number of ether oxygens (including phenoxy) is 3. The summed E-state index contributed by atoms with van der Waals surface area (Å²) in [5.74, 6) is -1.44. The average Bonchev–Trinajstić information content (AvgIpc) is 2.76. The van der Waals surface area contributed by atoms with E-state index in [0.717, 1.165) is 13.3 Å². The molecule has 0 aliphatic carbocycles. The quantitative estimate of drug-likeness (QED) is 0.422. The van der Waals surface area contributed by atoms with E-state index in [4.69, 9.17) is 4.74 Å². The van der Waals surface area contributed by atoms with Crippen LogP contribution in [0.3, 0.4) is 0 Å². The van der Waals surface area contributed by atoms with Crippen LogP contribution >= 0.6 is 0 Å². The molecular weight excluding hydrogens is 430 g/mol. The fourth-order valence-electron chi connectivity index (χ4n) is 2.21. The van der Waals surface area contributed by atoms with Gasteiger partial charge < -0.3 is 19.5 Å². The van der Waals surface area contributed by atoms with Crippen LogP contribution in [0.25, 0.3) is 0 Å². The lowest BCUT2D eigenvalue weighted by Gasteiger charge is -2.09. The Labute approximate surface area is 178 Å². The molecule has 0 radical (unpaired) electrons. The van der Waals surface area contributed by atoms with E-state index in [0.29, 0.717) is 19.8 Å². The molecule has 31 heavy (non-hydrogen) atoms. The SMILES string of the molecule is CCOCCNC(=O)c1ccc(S(=O)(=O)NC(=O)c2ccc(OC(=O)OC)nc2)cc1. The summed E-state index contributed by atoms with van der Waals surface area (Å²) in [5, 5.41) is 2.64. The number of nitrogens with zero attached hydrogens (tertiary/aromatic N) is 1. The number of carbonyl (C=O) groups is 3. The number of aromatic nitrogens is 1. The summed E-state index contributed by atoms with van der Waals surface area (Å²) < 4.78 is 40.9. The van der Waals surface area contributed by atoms with E-state index in [9.17, 15) is 22.8 Å². The van der Waals surface area contributed by atoms with Crippen LogP contribution in [0.4, 0.5) is 4.79 Å². The highest BCUT2D eigenvalue weighted by molar-refractivity contribution is 7.90. The predicted molar refractivity (Wildman–Crippen MR) is 107 cm³/mol. The van der Waals surface area contributed by atoms with Crippen molar-refractivity contribution in [3.8, 4) is 5.88 Å². The van der Waals surface area contributed by atoms with Crippen LogP contribution in [0.5, 0.6) is 5.88 Å². The minimum absolute atomic E-state index is 0.0777. The van der Waals surface area contributed by atoms with Gasteiger partial charge in [-0.1, -0.05) is 0 Å². The number of rotatable bonds is 9. The van der Waals surface area contributed by atoms with Gasteiger partial charge in [-0.05, 0) is 37.3 Å². The molecule has 0 bridgehead atoms. The minimum atomic E-state index is -4.19. The van der Waals surface area contributed by atoms with E-state index in [2.05, 4.69) is 19.8 Å². The van der Waals surface area contributed by atoms with E-state index in [-0.39, 0.29) is 27.8 Å². The van der Waals surface area contributed by atoms with Crippen LogP contribution in [-0.4, -0.2) is 58.2 Å². The molecule has 2 amide bonds. The van der Waals surface area contributed by atoms with Gasteiger partial charge in [0.1, 0.15) is 0 Å². The molecule has 11 nitrogen and oxygen atoms in total. The molecule has 0 aliphatic heterocycles. The van der Waals surface area contributed by atoms with Crippen LogP contribution in [-0.2, 0) is 19.5 Å². The zero-order valence-corrected chi connectivity index (χ0v) is 17.6. The second-order valence-corrected chi connectivity index (χ2v) is 7.54. The maximum Gasteiger partial charge on any atom is 0.514 e. The molecule has 1 aromatic heterocycles. The summed E-state index contributed by atoms with van der Waals surface area (Å²) in [5.41, 5.74) is 0.179. The van der Waals surface area contributed by atoms with Crippen LogP contribution < -0.4 is 14.8 Å². The fourth-order valence-corrected chi connectivity index (χ4v) is 3.18. The van der Waals surface area contributed by atoms with Crippen LogP contribution in [0.1, 0.15) is 27.6 Å². The number of hydrogen-bond donors (Lipinski definition) is 2. The van der Waals surface area contributed by atoms with Gasteiger partial charge in [0.25, 0.3) is 21.8 Å². The molecule has 2 rings (SSSR count). The zero-order valence-electron chi connectivity index (χ0n) is 16.8. The molecule has 0 spiro atoms. The van der Waals surface area contributed by atoms with Crippen molar-refractivity contribution in [3.63, 3.8) is 0 Å². The Kier molecular flexibility index (Phi) is 8.46. The molecule has 0 fully saturated rings. The van der Waals surface area contributed by atoms with Gasteiger partial charge in [-0.3, -0.25) is 9.59 Å². The van der Waals surface area contributed by atoms with Crippen molar-refractivity contribution >= 4 is 28.0 Å². The second-order valence-electron chi connectivity index (χ2n) is 5.85. The second kappa shape index (κ2) is 11.0. The summed E-state index contributed by atoms with van der Waals surface area (Å²) in [4.78, 5) is 38.8. The predicted octanol–water partition coefficient (Wildman–Crippen LogP) is 1.11. The molecule has 1 heterocycles. The van der Waals surface area contributed by atoms with Crippen molar-refractivity contribution in [2.24, 2.45) is 0 Å². The third kappa shape index (κ3) is 7.04. The minimum Gasteiger partial charge on any atom is -0.437 e. The molecule has 0 saturated heterocycles. The first kappa shape index (κ1) is 23.8. The molecule has 0 atom stereocenters. The summed E-state index contributed by atoms with van der Waals surface area (Å²) in [6.07, 6.45) is 0.0532. The van der Waals surface area contributed by atoms with E-state index >= 15 is 0 Å².